The van der Waals surface area contributed by atoms with Crippen LogP contribution in [0.15, 0.2) is 33.7 Å². The van der Waals surface area contributed by atoms with Crippen molar-refractivity contribution in [3.05, 3.63) is 33.9 Å². The number of thiazole rings is 1. The molecule has 3 N–H and O–H groups in total. The van der Waals surface area contributed by atoms with Crippen molar-refractivity contribution in [1.82, 2.24) is 4.68 Å². The van der Waals surface area contributed by atoms with E-state index >= 15 is 0 Å². The Labute approximate surface area is 161 Å². The molecule has 27 heavy (non-hydrogen) atoms. The smallest absolute Gasteiger partial charge is 0.252 e. The van der Waals surface area contributed by atoms with Gasteiger partial charge in [0.1, 0.15) is 5.75 Å². The molecule has 1 heterocycles. The first-order valence-electron chi connectivity index (χ1n) is 9.00. The van der Waals surface area contributed by atoms with Gasteiger partial charge < -0.3 is 15.6 Å². The number of primary amides is 1. The zero-order valence-corrected chi connectivity index (χ0v) is 16.2. The molecule has 1 aliphatic carbocycles. The minimum Gasteiger partial charge on any atom is -0.507 e. The normalized spacial score (nSPS) is 15.1. The first kappa shape index (κ1) is 19.3. The van der Waals surface area contributed by atoms with E-state index in [0.717, 1.165) is 47.5 Å². The molecule has 0 radical (unpaired) electrons. The molecule has 0 spiro atoms. The van der Waals surface area contributed by atoms with Gasteiger partial charge in [0.2, 0.25) is 4.80 Å². The third-order valence-corrected chi connectivity index (χ3v) is 5.31. The number of rotatable bonds is 6. The van der Waals surface area contributed by atoms with Gasteiger partial charge >= 0.3 is 0 Å². The van der Waals surface area contributed by atoms with Gasteiger partial charge in [-0.05, 0) is 43.9 Å². The lowest BCUT2D eigenvalue weighted by atomic mass is 9.99. The second-order valence-corrected chi connectivity index (χ2v) is 7.25. The zero-order valence-electron chi connectivity index (χ0n) is 15.4. The monoisotopic (exact) mass is 388 g/mol. The number of hydrogen-bond donors (Lipinski definition) is 2. The maximum atomic E-state index is 11.6. The largest absolute Gasteiger partial charge is 0.507 e. The fourth-order valence-corrected chi connectivity index (χ4v) is 3.89. The van der Waals surface area contributed by atoms with Gasteiger partial charge in [-0.3, -0.25) is 9.79 Å². The summed E-state index contributed by atoms with van der Waals surface area (Å²) in [6.07, 6.45) is 5.52. The Balaban J connectivity index is 2.08. The van der Waals surface area contributed by atoms with Crippen LogP contribution in [0.4, 0.5) is 0 Å². The Kier molecular flexibility index (Phi) is 6.41. The Hall–Kier alpha value is -2.45. The van der Waals surface area contributed by atoms with Crippen LogP contribution in [-0.4, -0.2) is 41.7 Å². The molecule has 1 aliphatic rings. The number of phenols is 1. The Bertz CT molecular complexity index is 906. The number of carbonyl (C=O) groups is 1. The number of nitrogens with zero attached hydrogens (tertiary/aromatic N) is 3. The van der Waals surface area contributed by atoms with Gasteiger partial charge in [-0.1, -0.05) is 6.42 Å². The predicted octanol–water partition coefficient (Wildman–Crippen LogP) is 2.74. The van der Waals surface area contributed by atoms with Crippen LogP contribution in [0.3, 0.4) is 0 Å². The lowest BCUT2D eigenvalue weighted by Crippen LogP contribution is -2.17. The van der Waals surface area contributed by atoms with Crippen molar-refractivity contribution in [1.29, 1.82) is 0 Å². The molecule has 2 aromatic rings. The van der Waals surface area contributed by atoms with Crippen LogP contribution in [-0.2, 0) is 4.74 Å². The second-order valence-electron chi connectivity index (χ2n) is 6.41. The van der Waals surface area contributed by atoms with E-state index in [1.807, 2.05) is 10.1 Å². The van der Waals surface area contributed by atoms with Crippen molar-refractivity contribution in [2.45, 2.75) is 32.1 Å². The lowest BCUT2D eigenvalue weighted by molar-refractivity contribution is 0.0998. The summed E-state index contributed by atoms with van der Waals surface area (Å²) < 4.78 is 6.92. The van der Waals surface area contributed by atoms with Gasteiger partial charge in [0.15, 0.2) is 0 Å². The molecule has 1 fully saturated rings. The summed E-state index contributed by atoms with van der Waals surface area (Å²) in [4.78, 5) is 16.9. The summed E-state index contributed by atoms with van der Waals surface area (Å²) in [5, 5.41) is 16.7. The number of benzene rings is 1. The van der Waals surface area contributed by atoms with E-state index < -0.39 is 5.91 Å². The van der Waals surface area contributed by atoms with Crippen LogP contribution in [0.2, 0.25) is 0 Å². The molecule has 0 unspecified atom stereocenters. The van der Waals surface area contributed by atoms with Crippen molar-refractivity contribution in [2.24, 2.45) is 15.8 Å². The highest BCUT2D eigenvalue weighted by molar-refractivity contribution is 7.07. The number of carbonyl (C=O) groups excluding carboxylic acids is 1. The van der Waals surface area contributed by atoms with Gasteiger partial charge in [0.25, 0.3) is 5.91 Å². The highest BCUT2D eigenvalue weighted by Gasteiger charge is 2.14. The Morgan fingerprint density at radius 2 is 2.11 bits per heavy atom. The fraction of sp³-hybridized carbons (Fsp3) is 0.421. The quantitative estimate of drug-likeness (QED) is 0.744. The first-order chi connectivity index (χ1) is 13.1. The van der Waals surface area contributed by atoms with Crippen molar-refractivity contribution >= 4 is 23.0 Å². The summed E-state index contributed by atoms with van der Waals surface area (Å²) in [6, 6.07) is 4.82. The molecule has 8 heteroatoms. The maximum absolute atomic E-state index is 11.6. The third-order valence-electron chi connectivity index (χ3n) is 4.46. The van der Waals surface area contributed by atoms with Crippen LogP contribution < -0.4 is 10.5 Å². The summed E-state index contributed by atoms with van der Waals surface area (Å²) in [5.74, 6) is -0.795. The van der Waals surface area contributed by atoms with E-state index in [0.29, 0.717) is 13.2 Å². The molecule has 7 nitrogen and oxygen atoms in total. The highest BCUT2D eigenvalue weighted by atomic mass is 32.1. The average molecular weight is 388 g/mol. The minimum atomic E-state index is -0.667. The zero-order chi connectivity index (χ0) is 19.2. The maximum Gasteiger partial charge on any atom is 0.252 e. The third kappa shape index (κ3) is 4.64. The molecule has 0 aliphatic heterocycles. The number of amides is 1. The van der Waals surface area contributed by atoms with E-state index in [2.05, 4.69) is 4.99 Å². The lowest BCUT2D eigenvalue weighted by Gasteiger charge is -2.13. The molecular formula is C19H24N4O3S. The highest BCUT2D eigenvalue weighted by Crippen LogP contribution is 2.27. The molecule has 1 aromatic heterocycles. The van der Waals surface area contributed by atoms with Crippen molar-refractivity contribution in [2.75, 3.05) is 20.3 Å². The first-order valence-corrected chi connectivity index (χ1v) is 9.88. The second kappa shape index (κ2) is 8.96. The molecule has 1 aromatic carbocycles. The Morgan fingerprint density at radius 3 is 2.81 bits per heavy atom. The molecule has 3 rings (SSSR count). The van der Waals surface area contributed by atoms with Crippen LogP contribution in [0.5, 0.6) is 5.75 Å². The van der Waals surface area contributed by atoms with E-state index in [-0.39, 0.29) is 11.3 Å². The summed E-state index contributed by atoms with van der Waals surface area (Å²) in [5.41, 5.74) is 8.19. The van der Waals surface area contributed by atoms with Crippen LogP contribution >= 0.6 is 11.3 Å². The van der Waals surface area contributed by atoms with Crippen LogP contribution in [0.25, 0.3) is 11.3 Å². The average Bonchev–Trinajstić information content (AvgIpc) is 3.05. The number of aromatic nitrogens is 1. The van der Waals surface area contributed by atoms with E-state index in [4.69, 9.17) is 15.6 Å². The van der Waals surface area contributed by atoms with Gasteiger partial charge in [-0.15, -0.1) is 11.3 Å². The number of ether oxygens (including phenoxy) is 1. The van der Waals surface area contributed by atoms with Crippen molar-refractivity contribution < 1.29 is 14.6 Å². The molecule has 0 bridgehead atoms. The minimum absolute atomic E-state index is 0.0911. The van der Waals surface area contributed by atoms with Gasteiger partial charge in [-0.2, -0.15) is 5.10 Å². The molecule has 0 atom stereocenters. The number of aromatic hydroxyl groups is 1. The van der Waals surface area contributed by atoms with Gasteiger partial charge in [0.05, 0.1) is 24.4 Å². The van der Waals surface area contributed by atoms with Gasteiger partial charge in [0, 0.05) is 23.8 Å². The van der Waals surface area contributed by atoms with Crippen molar-refractivity contribution in [3.8, 4) is 17.0 Å². The Morgan fingerprint density at radius 1 is 1.33 bits per heavy atom. The molecule has 0 saturated heterocycles. The summed E-state index contributed by atoms with van der Waals surface area (Å²) in [7, 11) is 1.65. The van der Waals surface area contributed by atoms with Crippen molar-refractivity contribution in [3.63, 3.8) is 0 Å². The molecular weight excluding hydrogens is 364 g/mol. The van der Waals surface area contributed by atoms with Crippen LogP contribution in [0.1, 0.15) is 42.5 Å². The summed E-state index contributed by atoms with van der Waals surface area (Å²) >= 11 is 1.48. The SMILES string of the molecule is COCCN=c1scc(-c2ccc(O)c(C(N)=O)c2)n1N=C1CCCCC1. The number of methoxy groups -OCH3 is 1. The number of hydrogen-bond acceptors (Lipinski definition) is 6. The predicted molar refractivity (Wildman–Crippen MR) is 106 cm³/mol. The van der Waals surface area contributed by atoms with E-state index in [1.54, 1.807) is 19.2 Å². The topological polar surface area (TPSA) is 102 Å². The van der Waals surface area contributed by atoms with E-state index in [1.165, 1.54) is 23.8 Å². The van der Waals surface area contributed by atoms with Gasteiger partial charge in [-0.25, -0.2) is 4.68 Å². The molecule has 1 saturated carbocycles. The van der Waals surface area contributed by atoms with E-state index in [9.17, 15) is 9.90 Å². The van der Waals surface area contributed by atoms with Crippen LogP contribution in [0, 0.1) is 0 Å². The summed E-state index contributed by atoms with van der Waals surface area (Å²) in [6.45, 7) is 1.08. The number of nitrogens with two attached hydrogens (primary N) is 1. The standard InChI is InChI=1S/C19H24N4O3S/c1-26-10-9-21-19-23(22-14-5-3-2-4-6-14)16(12-27-19)13-7-8-17(24)15(11-13)18(20)25/h7-8,11-12,24H,2-6,9-10H2,1H3,(H2,20,25). The molecule has 144 valence electrons. The fourth-order valence-electron chi connectivity index (χ4n) is 3.03. The molecule has 1 amide bonds.